The van der Waals surface area contributed by atoms with E-state index in [0.717, 1.165) is 5.56 Å². The van der Waals surface area contributed by atoms with Gasteiger partial charge in [-0.15, -0.1) is 11.3 Å². The smallest absolute Gasteiger partial charge is 0.341 e. The number of nitrogens with one attached hydrogen (secondary N) is 1. The third-order valence-electron chi connectivity index (χ3n) is 4.40. The van der Waals surface area contributed by atoms with Crippen molar-refractivity contribution in [2.75, 3.05) is 5.32 Å². The van der Waals surface area contributed by atoms with Crippen LogP contribution in [0.1, 0.15) is 35.3 Å². The van der Waals surface area contributed by atoms with Crippen molar-refractivity contribution in [1.82, 2.24) is 0 Å². The molecule has 1 aromatic heterocycles. The second kappa shape index (κ2) is 11.7. The number of rotatable bonds is 8. The van der Waals surface area contributed by atoms with Gasteiger partial charge in [0.1, 0.15) is 29.0 Å². The number of halogens is 2. The maximum absolute atomic E-state index is 12.6. The fourth-order valence-electron chi connectivity index (χ4n) is 2.79. The number of carbonyl (C=O) groups excluding carboxylic acids is 2. The van der Waals surface area contributed by atoms with Gasteiger partial charge in [-0.1, -0.05) is 41.4 Å². The van der Waals surface area contributed by atoms with Crippen molar-refractivity contribution in [3.8, 4) is 11.8 Å². The van der Waals surface area contributed by atoms with E-state index in [2.05, 4.69) is 5.32 Å². The first kappa shape index (κ1) is 25.3. The normalized spacial score (nSPS) is 11.1. The summed E-state index contributed by atoms with van der Waals surface area (Å²) < 4.78 is 10.9. The SMILES string of the molecule is CC(C)OC(=O)c1ccsc1NC(=O)/C(C#N)=C\c1ccc(OCc2ccc(Cl)c(Cl)c2)cc1. The van der Waals surface area contributed by atoms with Gasteiger partial charge in [0, 0.05) is 0 Å². The number of thiophene rings is 1. The highest BCUT2D eigenvalue weighted by Gasteiger charge is 2.19. The lowest BCUT2D eigenvalue weighted by atomic mass is 10.1. The maximum atomic E-state index is 12.6. The lowest BCUT2D eigenvalue weighted by Gasteiger charge is -2.09. The first-order valence-electron chi connectivity index (χ1n) is 10.1. The standard InChI is InChI=1S/C25H20Cl2N2O4S/c1-15(2)33-25(31)20-9-10-34-24(20)29-23(30)18(13-28)11-16-3-6-19(7-4-16)32-14-17-5-8-21(26)22(27)12-17/h3-12,15H,14H2,1-2H3,(H,29,30)/b18-11-. The molecule has 2 aromatic carbocycles. The molecule has 0 radical (unpaired) electrons. The molecular weight excluding hydrogens is 495 g/mol. The third kappa shape index (κ3) is 6.84. The maximum Gasteiger partial charge on any atom is 0.341 e. The van der Waals surface area contributed by atoms with E-state index in [1.54, 1.807) is 61.7 Å². The molecule has 0 fully saturated rings. The number of anilines is 1. The predicted molar refractivity (Wildman–Crippen MR) is 134 cm³/mol. The molecule has 1 heterocycles. The summed E-state index contributed by atoms with van der Waals surface area (Å²) in [6.45, 7) is 3.78. The average Bonchev–Trinajstić information content (AvgIpc) is 3.26. The van der Waals surface area contributed by atoms with Crippen molar-refractivity contribution in [2.24, 2.45) is 0 Å². The summed E-state index contributed by atoms with van der Waals surface area (Å²) in [7, 11) is 0. The minimum atomic E-state index is -0.622. The van der Waals surface area contributed by atoms with E-state index in [0.29, 0.717) is 33.0 Å². The number of hydrogen-bond donors (Lipinski definition) is 1. The van der Waals surface area contributed by atoms with Gasteiger partial charge in [-0.2, -0.15) is 5.26 Å². The third-order valence-corrected chi connectivity index (χ3v) is 5.97. The zero-order valence-corrected chi connectivity index (χ0v) is 20.6. The second-order valence-corrected chi connectivity index (χ2v) is 9.08. The van der Waals surface area contributed by atoms with Crippen molar-refractivity contribution < 1.29 is 19.1 Å². The number of ether oxygens (including phenoxy) is 2. The Morgan fingerprint density at radius 3 is 2.50 bits per heavy atom. The molecule has 9 heteroatoms. The van der Waals surface area contributed by atoms with Crippen LogP contribution >= 0.6 is 34.5 Å². The molecule has 34 heavy (non-hydrogen) atoms. The van der Waals surface area contributed by atoms with E-state index in [1.807, 2.05) is 12.1 Å². The van der Waals surface area contributed by atoms with Gasteiger partial charge in [0.25, 0.3) is 5.91 Å². The van der Waals surface area contributed by atoms with Gasteiger partial charge in [0.05, 0.1) is 21.7 Å². The van der Waals surface area contributed by atoms with E-state index in [9.17, 15) is 14.9 Å². The molecular formula is C25H20Cl2N2O4S. The first-order chi connectivity index (χ1) is 16.3. The highest BCUT2D eigenvalue weighted by atomic mass is 35.5. The first-order valence-corrected chi connectivity index (χ1v) is 11.8. The molecule has 0 spiro atoms. The van der Waals surface area contributed by atoms with Gasteiger partial charge in [-0.3, -0.25) is 4.79 Å². The van der Waals surface area contributed by atoms with Crippen LogP contribution in [0.2, 0.25) is 10.0 Å². The minimum absolute atomic E-state index is 0.110. The molecule has 1 N–H and O–H groups in total. The molecule has 3 aromatic rings. The van der Waals surface area contributed by atoms with Crippen LogP contribution < -0.4 is 10.1 Å². The van der Waals surface area contributed by atoms with E-state index in [1.165, 1.54) is 17.4 Å². The van der Waals surface area contributed by atoms with Gasteiger partial charge < -0.3 is 14.8 Å². The zero-order valence-electron chi connectivity index (χ0n) is 18.3. The average molecular weight is 515 g/mol. The fraction of sp³-hybridized carbons (Fsp3) is 0.160. The summed E-state index contributed by atoms with van der Waals surface area (Å²) >= 11 is 13.1. The van der Waals surface area contributed by atoms with Crippen molar-refractivity contribution in [1.29, 1.82) is 5.26 Å². The fourth-order valence-corrected chi connectivity index (χ4v) is 3.88. The lowest BCUT2D eigenvalue weighted by Crippen LogP contribution is -2.17. The molecule has 0 aliphatic heterocycles. The molecule has 0 unspecified atom stereocenters. The number of nitrogens with zero attached hydrogens (tertiary/aromatic N) is 1. The summed E-state index contributed by atoms with van der Waals surface area (Å²) in [6, 6.07) is 15.6. The summed E-state index contributed by atoms with van der Waals surface area (Å²) in [5.74, 6) is -0.549. The summed E-state index contributed by atoms with van der Waals surface area (Å²) in [5.41, 5.74) is 1.64. The van der Waals surface area contributed by atoms with E-state index in [4.69, 9.17) is 32.7 Å². The molecule has 174 valence electrons. The summed E-state index contributed by atoms with van der Waals surface area (Å²) in [6.07, 6.45) is 1.17. The number of benzene rings is 2. The molecule has 0 saturated heterocycles. The number of nitriles is 1. The van der Waals surface area contributed by atoms with Crippen LogP contribution in [0.25, 0.3) is 6.08 Å². The van der Waals surface area contributed by atoms with Crippen LogP contribution in [-0.2, 0) is 16.1 Å². The van der Waals surface area contributed by atoms with Crippen LogP contribution in [0.5, 0.6) is 5.75 Å². The molecule has 0 aliphatic rings. The quantitative estimate of drug-likeness (QED) is 0.204. The number of amides is 1. The largest absolute Gasteiger partial charge is 0.489 e. The van der Waals surface area contributed by atoms with Crippen molar-refractivity contribution in [3.63, 3.8) is 0 Å². The molecule has 0 bridgehead atoms. The van der Waals surface area contributed by atoms with Crippen molar-refractivity contribution >= 4 is 57.5 Å². The van der Waals surface area contributed by atoms with E-state index >= 15 is 0 Å². The Hall–Kier alpha value is -3.31. The van der Waals surface area contributed by atoms with Crippen molar-refractivity contribution in [3.05, 3.63) is 86.2 Å². The Labute approximate surface area is 211 Å². The zero-order chi connectivity index (χ0) is 24.7. The highest BCUT2D eigenvalue weighted by Crippen LogP contribution is 2.26. The van der Waals surface area contributed by atoms with Gasteiger partial charge in [0.15, 0.2) is 0 Å². The second-order valence-electron chi connectivity index (χ2n) is 7.35. The van der Waals surface area contributed by atoms with Crippen molar-refractivity contribution in [2.45, 2.75) is 26.6 Å². The molecule has 0 aliphatic carbocycles. The Morgan fingerprint density at radius 1 is 1.12 bits per heavy atom. The molecule has 1 amide bonds. The number of esters is 1. The Balaban J connectivity index is 1.65. The Kier molecular flexibility index (Phi) is 8.72. The van der Waals surface area contributed by atoms with Crippen LogP contribution in [0.4, 0.5) is 5.00 Å². The molecule has 0 atom stereocenters. The monoisotopic (exact) mass is 514 g/mol. The van der Waals surface area contributed by atoms with E-state index < -0.39 is 11.9 Å². The van der Waals surface area contributed by atoms with Crippen LogP contribution in [0.15, 0.2) is 59.5 Å². The van der Waals surface area contributed by atoms with Gasteiger partial charge in [-0.05, 0) is 66.8 Å². The predicted octanol–water partition coefficient (Wildman–Crippen LogP) is 6.74. The minimum Gasteiger partial charge on any atom is -0.489 e. The molecule has 3 rings (SSSR count). The number of hydrogen-bond acceptors (Lipinski definition) is 6. The van der Waals surface area contributed by atoms with Gasteiger partial charge in [0.2, 0.25) is 0 Å². The number of carbonyl (C=O) groups is 2. The Bertz CT molecular complexity index is 1260. The lowest BCUT2D eigenvalue weighted by molar-refractivity contribution is -0.112. The van der Waals surface area contributed by atoms with Gasteiger partial charge in [-0.25, -0.2) is 4.79 Å². The van der Waals surface area contributed by atoms with Crippen LogP contribution in [-0.4, -0.2) is 18.0 Å². The summed E-state index contributed by atoms with van der Waals surface area (Å²) in [4.78, 5) is 24.8. The van der Waals surface area contributed by atoms with E-state index in [-0.39, 0.29) is 17.2 Å². The van der Waals surface area contributed by atoms with Gasteiger partial charge >= 0.3 is 5.97 Å². The summed E-state index contributed by atoms with van der Waals surface area (Å²) in [5, 5.41) is 15.0. The molecule has 0 saturated carbocycles. The Morgan fingerprint density at radius 2 is 1.85 bits per heavy atom. The molecule has 6 nitrogen and oxygen atoms in total. The van der Waals surface area contributed by atoms with Crippen LogP contribution in [0, 0.1) is 11.3 Å². The highest BCUT2D eigenvalue weighted by molar-refractivity contribution is 7.14. The topological polar surface area (TPSA) is 88.4 Å². The van der Waals surface area contributed by atoms with Crippen LogP contribution in [0.3, 0.4) is 0 Å².